The number of ether oxygens (including phenoxy) is 1. The Morgan fingerprint density at radius 1 is 1.17 bits per heavy atom. The molecule has 2 heterocycles. The minimum Gasteiger partial charge on any atom is -0.482 e. The number of hydrogen-bond acceptors (Lipinski definition) is 4. The number of carbonyl (C=O) groups is 1. The second-order valence-electron chi connectivity index (χ2n) is 5.05. The third-order valence-corrected chi connectivity index (χ3v) is 3.47. The quantitative estimate of drug-likeness (QED) is 0.781. The molecule has 3 rings (SSSR count). The van der Waals surface area contributed by atoms with E-state index in [9.17, 15) is 4.79 Å². The van der Waals surface area contributed by atoms with Crippen LogP contribution in [0.1, 0.15) is 29.1 Å². The normalized spacial score (nSPS) is 11.9. The van der Waals surface area contributed by atoms with Crippen molar-refractivity contribution >= 4 is 5.91 Å². The lowest BCUT2D eigenvalue weighted by atomic mass is 10.1. The molecular weight excluding hydrogens is 292 g/mol. The van der Waals surface area contributed by atoms with Gasteiger partial charge >= 0.3 is 0 Å². The molecular formula is C18H16N2O3. The van der Waals surface area contributed by atoms with Gasteiger partial charge in [-0.2, -0.15) is 0 Å². The predicted octanol–water partition coefficient (Wildman–Crippen LogP) is 3.58. The SMILES string of the molecule is CC(Oc1coc(C(N)=O)c1-c1ccccn1)c1ccccc1. The van der Waals surface area contributed by atoms with E-state index in [1.807, 2.05) is 43.3 Å². The number of rotatable bonds is 5. The molecule has 1 amide bonds. The zero-order valence-electron chi connectivity index (χ0n) is 12.6. The van der Waals surface area contributed by atoms with Crippen LogP contribution in [-0.4, -0.2) is 10.9 Å². The number of pyridine rings is 1. The number of hydrogen-bond donors (Lipinski definition) is 1. The maximum absolute atomic E-state index is 11.6. The smallest absolute Gasteiger partial charge is 0.285 e. The highest BCUT2D eigenvalue weighted by Crippen LogP contribution is 2.36. The second kappa shape index (κ2) is 6.36. The summed E-state index contributed by atoms with van der Waals surface area (Å²) in [5, 5.41) is 0. The van der Waals surface area contributed by atoms with E-state index in [0.29, 0.717) is 17.0 Å². The second-order valence-corrected chi connectivity index (χ2v) is 5.05. The van der Waals surface area contributed by atoms with E-state index >= 15 is 0 Å². The number of furan rings is 1. The Labute approximate surface area is 133 Å². The molecule has 3 aromatic rings. The predicted molar refractivity (Wildman–Crippen MR) is 85.9 cm³/mol. The summed E-state index contributed by atoms with van der Waals surface area (Å²) in [5.74, 6) is -0.180. The molecule has 0 bridgehead atoms. The molecule has 0 aliphatic heterocycles. The van der Waals surface area contributed by atoms with Gasteiger partial charge in [0.15, 0.2) is 5.75 Å². The van der Waals surface area contributed by atoms with Gasteiger partial charge in [0.25, 0.3) is 5.91 Å². The molecule has 116 valence electrons. The summed E-state index contributed by atoms with van der Waals surface area (Å²) in [6, 6.07) is 15.2. The summed E-state index contributed by atoms with van der Waals surface area (Å²) in [7, 11) is 0. The lowest BCUT2D eigenvalue weighted by Crippen LogP contribution is -2.11. The number of benzene rings is 1. The van der Waals surface area contributed by atoms with Gasteiger partial charge in [0, 0.05) is 6.20 Å². The van der Waals surface area contributed by atoms with Gasteiger partial charge in [0.05, 0.1) is 11.3 Å². The van der Waals surface area contributed by atoms with Crippen molar-refractivity contribution in [2.24, 2.45) is 5.73 Å². The molecule has 2 aromatic heterocycles. The molecule has 0 saturated heterocycles. The zero-order chi connectivity index (χ0) is 16.2. The number of primary amides is 1. The van der Waals surface area contributed by atoms with Crippen molar-refractivity contribution in [2.45, 2.75) is 13.0 Å². The van der Waals surface area contributed by atoms with Crippen LogP contribution in [0.3, 0.4) is 0 Å². The largest absolute Gasteiger partial charge is 0.482 e. The molecule has 0 aliphatic carbocycles. The molecule has 0 fully saturated rings. The van der Waals surface area contributed by atoms with Gasteiger partial charge in [-0.25, -0.2) is 0 Å². The summed E-state index contributed by atoms with van der Waals surface area (Å²) < 4.78 is 11.3. The van der Waals surface area contributed by atoms with E-state index in [2.05, 4.69) is 4.98 Å². The highest BCUT2D eigenvalue weighted by Gasteiger charge is 2.23. The lowest BCUT2D eigenvalue weighted by molar-refractivity contribution is 0.0974. The molecule has 0 aliphatic rings. The Morgan fingerprint density at radius 3 is 2.57 bits per heavy atom. The Kier molecular flexibility index (Phi) is 4.10. The first kappa shape index (κ1) is 14.8. The van der Waals surface area contributed by atoms with E-state index in [1.165, 1.54) is 6.26 Å². The molecule has 5 nitrogen and oxygen atoms in total. The van der Waals surface area contributed by atoms with Crippen LogP contribution in [0.15, 0.2) is 65.4 Å². The van der Waals surface area contributed by atoms with Crippen LogP contribution in [0.5, 0.6) is 5.75 Å². The van der Waals surface area contributed by atoms with E-state index in [-0.39, 0.29) is 11.9 Å². The Balaban J connectivity index is 1.98. The summed E-state index contributed by atoms with van der Waals surface area (Å²) in [6.07, 6.45) is 2.82. The van der Waals surface area contributed by atoms with E-state index in [0.717, 1.165) is 5.56 Å². The monoisotopic (exact) mass is 308 g/mol. The fourth-order valence-corrected chi connectivity index (χ4v) is 2.35. The molecule has 1 atom stereocenters. The van der Waals surface area contributed by atoms with Crippen LogP contribution in [-0.2, 0) is 0 Å². The third-order valence-electron chi connectivity index (χ3n) is 3.47. The minimum atomic E-state index is -0.659. The molecule has 2 N–H and O–H groups in total. The molecule has 0 saturated carbocycles. The van der Waals surface area contributed by atoms with Crippen LogP contribution in [0.25, 0.3) is 11.3 Å². The van der Waals surface area contributed by atoms with Crippen LogP contribution >= 0.6 is 0 Å². The highest BCUT2D eigenvalue weighted by molar-refractivity contribution is 5.98. The van der Waals surface area contributed by atoms with Gasteiger partial charge in [-0.05, 0) is 24.6 Å². The third kappa shape index (κ3) is 3.08. The fourth-order valence-electron chi connectivity index (χ4n) is 2.35. The lowest BCUT2D eigenvalue weighted by Gasteiger charge is -2.14. The Bertz CT molecular complexity index is 798. The average Bonchev–Trinajstić information content (AvgIpc) is 3.00. The maximum Gasteiger partial charge on any atom is 0.285 e. The standard InChI is InChI=1S/C18H16N2O3/c1-12(13-7-3-2-4-8-13)23-15-11-22-17(18(19)21)16(15)14-9-5-6-10-20-14/h2-12H,1H3,(H2,19,21). The van der Waals surface area contributed by atoms with Gasteiger partial charge in [-0.3, -0.25) is 9.78 Å². The molecule has 1 unspecified atom stereocenters. The van der Waals surface area contributed by atoms with E-state index in [1.54, 1.807) is 18.3 Å². The van der Waals surface area contributed by atoms with E-state index < -0.39 is 5.91 Å². The van der Waals surface area contributed by atoms with Crippen molar-refractivity contribution in [3.8, 4) is 17.0 Å². The Hall–Kier alpha value is -3.08. The minimum absolute atomic E-state index is 0.0407. The van der Waals surface area contributed by atoms with Crippen molar-refractivity contribution in [3.63, 3.8) is 0 Å². The van der Waals surface area contributed by atoms with Gasteiger partial charge in [-0.15, -0.1) is 0 Å². The van der Waals surface area contributed by atoms with Gasteiger partial charge in [0.1, 0.15) is 12.4 Å². The van der Waals surface area contributed by atoms with Crippen molar-refractivity contribution in [3.05, 3.63) is 72.3 Å². The van der Waals surface area contributed by atoms with Crippen molar-refractivity contribution in [1.82, 2.24) is 4.98 Å². The number of nitrogens with two attached hydrogens (primary N) is 1. The number of amides is 1. The average molecular weight is 308 g/mol. The number of nitrogens with zero attached hydrogens (tertiary/aromatic N) is 1. The topological polar surface area (TPSA) is 78.4 Å². The van der Waals surface area contributed by atoms with Gasteiger partial charge in [-0.1, -0.05) is 36.4 Å². The molecule has 0 spiro atoms. The van der Waals surface area contributed by atoms with Crippen molar-refractivity contribution in [2.75, 3.05) is 0 Å². The van der Waals surface area contributed by atoms with Crippen LogP contribution in [0.4, 0.5) is 0 Å². The molecule has 23 heavy (non-hydrogen) atoms. The van der Waals surface area contributed by atoms with Crippen molar-refractivity contribution in [1.29, 1.82) is 0 Å². The summed E-state index contributed by atoms with van der Waals surface area (Å²) in [5.41, 5.74) is 7.45. The highest BCUT2D eigenvalue weighted by atomic mass is 16.5. The summed E-state index contributed by atoms with van der Waals surface area (Å²) in [4.78, 5) is 15.9. The first-order valence-corrected chi connectivity index (χ1v) is 7.21. The summed E-state index contributed by atoms with van der Waals surface area (Å²) >= 11 is 0. The summed E-state index contributed by atoms with van der Waals surface area (Å²) in [6.45, 7) is 1.93. The Morgan fingerprint density at radius 2 is 1.91 bits per heavy atom. The number of aromatic nitrogens is 1. The molecule has 1 aromatic carbocycles. The molecule has 0 radical (unpaired) electrons. The van der Waals surface area contributed by atoms with Crippen LogP contribution in [0.2, 0.25) is 0 Å². The first-order valence-electron chi connectivity index (χ1n) is 7.21. The number of carbonyl (C=O) groups excluding carboxylic acids is 1. The zero-order valence-corrected chi connectivity index (χ0v) is 12.6. The van der Waals surface area contributed by atoms with Gasteiger partial charge < -0.3 is 14.9 Å². The molecule has 5 heteroatoms. The van der Waals surface area contributed by atoms with Crippen molar-refractivity contribution < 1.29 is 13.9 Å². The first-order chi connectivity index (χ1) is 11.2. The maximum atomic E-state index is 11.6. The van der Waals surface area contributed by atoms with E-state index in [4.69, 9.17) is 14.9 Å². The fraction of sp³-hybridized carbons (Fsp3) is 0.111. The van der Waals surface area contributed by atoms with Gasteiger partial charge in [0.2, 0.25) is 5.76 Å². The van der Waals surface area contributed by atoms with Crippen LogP contribution in [0, 0.1) is 0 Å². The van der Waals surface area contributed by atoms with Crippen LogP contribution < -0.4 is 10.5 Å².